The van der Waals surface area contributed by atoms with Crippen molar-refractivity contribution in [3.8, 4) is 0 Å². The van der Waals surface area contributed by atoms with Gasteiger partial charge < -0.3 is 10.1 Å². The lowest BCUT2D eigenvalue weighted by atomic mass is 10.0. The minimum atomic E-state index is 0.471. The number of methoxy groups -OCH3 is 1. The summed E-state index contributed by atoms with van der Waals surface area (Å²) in [7, 11) is 1.77. The van der Waals surface area contributed by atoms with E-state index in [4.69, 9.17) is 4.74 Å². The lowest BCUT2D eigenvalue weighted by Crippen LogP contribution is -2.17. The van der Waals surface area contributed by atoms with Crippen molar-refractivity contribution in [3.05, 3.63) is 22.9 Å². The molecule has 0 radical (unpaired) electrons. The molecule has 0 bridgehead atoms. The zero-order valence-corrected chi connectivity index (χ0v) is 11.1. The molecule has 1 aliphatic carbocycles. The maximum Gasteiger partial charge on any atom is 0.0538 e. The Kier molecular flexibility index (Phi) is 3.82. The fourth-order valence-corrected chi connectivity index (χ4v) is 2.17. The van der Waals surface area contributed by atoms with E-state index in [-0.39, 0.29) is 0 Å². The van der Waals surface area contributed by atoms with E-state index in [9.17, 15) is 0 Å². The molecule has 0 aromatic carbocycles. The summed E-state index contributed by atoms with van der Waals surface area (Å²) in [5.74, 6) is 0. The molecule has 1 fully saturated rings. The molecular weight excluding hydrogens is 268 g/mol. The Morgan fingerprint density at radius 1 is 1.50 bits per heavy atom. The molecule has 0 aliphatic heterocycles. The van der Waals surface area contributed by atoms with Crippen LogP contribution in [-0.2, 0) is 4.74 Å². The van der Waals surface area contributed by atoms with E-state index in [1.165, 1.54) is 12.8 Å². The maximum atomic E-state index is 5.14. The third-order valence-electron chi connectivity index (χ3n) is 3.17. The van der Waals surface area contributed by atoms with Crippen LogP contribution in [0.1, 0.15) is 19.3 Å². The van der Waals surface area contributed by atoms with Crippen molar-refractivity contribution < 1.29 is 4.74 Å². The Labute approximate surface area is 105 Å². The molecule has 2 rings (SSSR count). The van der Waals surface area contributed by atoms with Crippen molar-refractivity contribution in [3.63, 3.8) is 0 Å². The second-order valence-corrected chi connectivity index (χ2v) is 5.40. The number of anilines is 1. The fourth-order valence-electron chi connectivity index (χ4n) is 1.81. The quantitative estimate of drug-likeness (QED) is 0.872. The average molecular weight is 285 g/mol. The third kappa shape index (κ3) is 3.19. The van der Waals surface area contributed by atoms with Gasteiger partial charge in [-0.15, -0.1) is 0 Å². The summed E-state index contributed by atoms with van der Waals surface area (Å²) >= 11 is 3.42. The summed E-state index contributed by atoms with van der Waals surface area (Å²) in [4.78, 5) is 4.13. The first kappa shape index (κ1) is 11.9. The molecule has 3 nitrogen and oxygen atoms in total. The van der Waals surface area contributed by atoms with Gasteiger partial charge in [0.15, 0.2) is 0 Å². The lowest BCUT2D eigenvalue weighted by molar-refractivity contribution is 0.175. The van der Waals surface area contributed by atoms with E-state index in [0.717, 1.165) is 29.7 Å². The van der Waals surface area contributed by atoms with Gasteiger partial charge in [0.25, 0.3) is 0 Å². The van der Waals surface area contributed by atoms with E-state index in [2.05, 4.69) is 32.3 Å². The van der Waals surface area contributed by atoms with Crippen molar-refractivity contribution in [2.45, 2.75) is 19.3 Å². The topological polar surface area (TPSA) is 34.1 Å². The molecule has 1 saturated carbocycles. The zero-order chi connectivity index (χ0) is 11.4. The van der Waals surface area contributed by atoms with Crippen molar-refractivity contribution in [1.29, 1.82) is 0 Å². The van der Waals surface area contributed by atoms with Gasteiger partial charge in [-0.05, 0) is 46.7 Å². The molecule has 16 heavy (non-hydrogen) atoms. The van der Waals surface area contributed by atoms with Gasteiger partial charge in [0.1, 0.15) is 0 Å². The van der Waals surface area contributed by atoms with Gasteiger partial charge in [0, 0.05) is 30.9 Å². The number of rotatable bonds is 6. The molecule has 0 atom stereocenters. The smallest absolute Gasteiger partial charge is 0.0538 e. The van der Waals surface area contributed by atoms with Crippen LogP contribution in [0.3, 0.4) is 0 Å². The highest BCUT2D eigenvalue weighted by molar-refractivity contribution is 9.10. The molecule has 1 heterocycles. The molecule has 4 heteroatoms. The van der Waals surface area contributed by atoms with E-state index in [1.807, 2.05) is 6.20 Å². The Balaban J connectivity index is 1.83. The van der Waals surface area contributed by atoms with E-state index in [1.54, 1.807) is 13.3 Å². The van der Waals surface area contributed by atoms with Crippen LogP contribution in [0.15, 0.2) is 22.9 Å². The summed E-state index contributed by atoms with van der Waals surface area (Å²) in [6.07, 6.45) is 7.42. The van der Waals surface area contributed by atoms with Crippen LogP contribution in [0.25, 0.3) is 0 Å². The molecule has 1 aromatic rings. The minimum Gasteiger partial charge on any atom is -0.385 e. The second kappa shape index (κ2) is 5.15. The van der Waals surface area contributed by atoms with Crippen LogP contribution in [0, 0.1) is 5.41 Å². The average Bonchev–Trinajstić information content (AvgIpc) is 3.05. The summed E-state index contributed by atoms with van der Waals surface area (Å²) < 4.78 is 6.15. The highest BCUT2D eigenvalue weighted by Crippen LogP contribution is 2.48. The Morgan fingerprint density at radius 3 is 2.94 bits per heavy atom. The van der Waals surface area contributed by atoms with E-state index >= 15 is 0 Å². The van der Waals surface area contributed by atoms with Gasteiger partial charge in [0.2, 0.25) is 0 Å². The van der Waals surface area contributed by atoms with Crippen molar-refractivity contribution in [1.82, 2.24) is 4.98 Å². The van der Waals surface area contributed by atoms with Gasteiger partial charge in [-0.2, -0.15) is 0 Å². The van der Waals surface area contributed by atoms with Crippen molar-refractivity contribution in [2.24, 2.45) is 5.41 Å². The molecular formula is C12H17BrN2O. The van der Waals surface area contributed by atoms with Gasteiger partial charge >= 0.3 is 0 Å². The number of nitrogens with zero attached hydrogens (tertiary/aromatic N) is 1. The van der Waals surface area contributed by atoms with Gasteiger partial charge in [-0.3, -0.25) is 4.98 Å². The van der Waals surface area contributed by atoms with Crippen LogP contribution in [0.4, 0.5) is 5.69 Å². The SMILES string of the molecule is COCCC1(CNc2cncc(Br)c2)CC1. The van der Waals surface area contributed by atoms with E-state index < -0.39 is 0 Å². The largest absolute Gasteiger partial charge is 0.385 e. The molecule has 88 valence electrons. The normalized spacial score (nSPS) is 17.1. The number of hydrogen-bond acceptors (Lipinski definition) is 3. The second-order valence-electron chi connectivity index (χ2n) is 4.49. The number of halogens is 1. The van der Waals surface area contributed by atoms with Crippen LogP contribution in [-0.4, -0.2) is 25.2 Å². The molecule has 0 amide bonds. The molecule has 0 saturated heterocycles. The van der Waals surface area contributed by atoms with Gasteiger partial charge in [-0.1, -0.05) is 0 Å². The first-order valence-electron chi connectivity index (χ1n) is 5.57. The molecule has 1 N–H and O–H groups in total. The number of hydrogen-bond donors (Lipinski definition) is 1. The third-order valence-corrected chi connectivity index (χ3v) is 3.60. The predicted octanol–water partition coefficient (Wildman–Crippen LogP) is 3.07. The zero-order valence-electron chi connectivity index (χ0n) is 9.50. The standard InChI is InChI=1S/C12H17BrN2O/c1-16-5-4-12(2-3-12)9-15-11-6-10(13)7-14-8-11/h6-8,15H,2-5,9H2,1H3. The molecule has 1 aromatic heterocycles. The summed E-state index contributed by atoms with van der Waals surface area (Å²) in [5, 5.41) is 3.45. The summed E-state index contributed by atoms with van der Waals surface area (Å²) in [6.45, 7) is 1.88. The Hall–Kier alpha value is -0.610. The van der Waals surface area contributed by atoms with Crippen molar-refractivity contribution >= 4 is 21.6 Å². The maximum absolute atomic E-state index is 5.14. The molecule has 0 unspecified atom stereocenters. The monoisotopic (exact) mass is 284 g/mol. The first-order chi connectivity index (χ1) is 7.74. The molecule has 0 spiro atoms. The highest BCUT2D eigenvalue weighted by atomic mass is 79.9. The van der Waals surface area contributed by atoms with E-state index in [0.29, 0.717) is 5.41 Å². The predicted molar refractivity (Wildman–Crippen MR) is 68.6 cm³/mol. The summed E-state index contributed by atoms with van der Waals surface area (Å²) in [5.41, 5.74) is 1.55. The molecule has 1 aliphatic rings. The Bertz CT molecular complexity index is 353. The van der Waals surface area contributed by atoms with Crippen LogP contribution >= 0.6 is 15.9 Å². The first-order valence-corrected chi connectivity index (χ1v) is 6.37. The number of nitrogens with one attached hydrogen (secondary N) is 1. The fraction of sp³-hybridized carbons (Fsp3) is 0.583. The highest BCUT2D eigenvalue weighted by Gasteiger charge is 2.41. The lowest BCUT2D eigenvalue weighted by Gasteiger charge is -2.16. The van der Waals surface area contributed by atoms with Crippen molar-refractivity contribution in [2.75, 3.05) is 25.6 Å². The van der Waals surface area contributed by atoms with Gasteiger partial charge in [-0.25, -0.2) is 0 Å². The minimum absolute atomic E-state index is 0.471. The number of pyridine rings is 1. The van der Waals surface area contributed by atoms with Crippen LogP contribution < -0.4 is 5.32 Å². The number of ether oxygens (including phenoxy) is 1. The van der Waals surface area contributed by atoms with Crippen LogP contribution in [0.5, 0.6) is 0 Å². The van der Waals surface area contributed by atoms with Gasteiger partial charge in [0.05, 0.1) is 11.9 Å². The van der Waals surface area contributed by atoms with Crippen LogP contribution in [0.2, 0.25) is 0 Å². The summed E-state index contributed by atoms with van der Waals surface area (Å²) in [6, 6.07) is 2.05. The Morgan fingerprint density at radius 2 is 2.31 bits per heavy atom. The number of aromatic nitrogens is 1.